The van der Waals surface area contributed by atoms with Crippen LogP contribution >= 0.6 is 0 Å². The van der Waals surface area contributed by atoms with Crippen molar-refractivity contribution in [2.45, 2.75) is 297 Å². The number of rotatable bonds is 55. The fourth-order valence-electron chi connectivity index (χ4n) is 8.57. The molecule has 0 aliphatic carbocycles. The molecule has 0 saturated carbocycles. The second-order valence-electron chi connectivity index (χ2n) is 20.2. The van der Waals surface area contributed by atoms with E-state index >= 15 is 0 Å². The molecule has 0 spiro atoms. The first-order valence-electron chi connectivity index (χ1n) is 30.7. The van der Waals surface area contributed by atoms with Crippen molar-refractivity contribution in [2.24, 2.45) is 0 Å². The van der Waals surface area contributed by atoms with Gasteiger partial charge < -0.3 is 14.2 Å². The molecule has 0 radical (unpaired) electrons. The molecule has 6 nitrogen and oxygen atoms in total. The zero-order valence-corrected chi connectivity index (χ0v) is 47.9. The summed E-state index contributed by atoms with van der Waals surface area (Å²) in [7, 11) is 0. The highest BCUT2D eigenvalue weighted by Gasteiger charge is 2.19. The highest BCUT2D eigenvalue weighted by Crippen LogP contribution is 2.16. The van der Waals surface area contributed by atoms with E-state index in [-0.39, 0.29) is 37.5 Å². The molecule has 0 aromatic heterocycles. The van der Waals surface area contributed by atoms with E-state index in [0.29, 0.717) is 19.3 Å². The molecule has 6 heteroatoms. The molecule has 418 valence electrons. The fraction of sp³-hybridized carbons (Fsp3) is 0.716. The van der Waals surface area contributed by atoms with Crippen molar-refractivity contribution in [3.63, 3.8) is 0 Å². The van der Waals surface area contributed by atoms with Gasteiger partial charge in [-0.3, -0.25) is 14.4 Å². The third-order valence-electron chi connectivity index (χ3n) is 13.1. The SMILES string of the molecule is CC/C=C\C/C=C\C/C=C\C/C=C\CCCCCCCCCCCCCCCCCCC(=O)OCC(COC(=O)CCCCCCCCCCCCCCC)OC(=O)CC/C=C\C/C=C\C/C=C\C/C=C\CC. The summed E-state index contributed by atoms with van der Waals surface area (Å²) in [5, 5.41) is 0. The molecule has 0 fully saturated rings. The molecule has 0 aromatic rings. The minimum Gasteiger partial charge on any atom is -0.462 e. The molecule has 0 aliphatic rings. The van der Waals surface area contributed by atoms with Gasteiger partial charge in [0, 0.05) is 19.3 Å². The van der Waals surface area contributed by atoms with E-state index in [9.17, 15) is 14.4 Å². The van der Waals surface area contributed by atoms with E-state index in [2.05, 4.69) is 112 Å². The van der Waals surface area contributed by atoms with Crippen molar-refractivity contribution in [2.75, 3.05) is 13.2 Å². The molecular formula is C67H114O6. The Hall–Kier alpha value is -3.67. The van der Waals surface area contributed by atoms with Gasteiger partial charge in [0.1, 0.15) is 13.2 Å². The average Bonchev–Trinajstić information content (AvgIpc) is 3.39. The van der Waals surface area contributed by atoms with Gasteiger partial charge in [-0.05, 0) is 83.5 Å². The average molecular weight is 1020 g/mol. The predicted octanol–water partition coefficient (Wildman–Crippen LogP) is 20.9. The van der Waals surface area contributed by atoms with Crippen LogP contribution in [0.3, 0.4) is 0 Å². The van der Waals surface area contributed by atoms with Crippen LogP contribution in [0, 0.1) is 0 Å². The minimum atomic E-state index is -0.813. The number of allylic oxidation sites excluding steroid dienone is 16. The molecule has 0 aliphatic heterocycles. The van der Waals surface area contributed by atoms with Gasteiger partial charge in [0.2, 0.25) is 0 Å². The van der Waals surface area contributed by atoms with Crippen LogP contribution in [0.5, 0.6) is 0 Å². The Bertz CT molecular complexity index is 1440. The second kappa shape index (κ2) is 60.9. The molecule has 0 saturated heterocycles. The molecule has 0 aromatic carbocycles. The fourth-order valence-corrected chi connectivity index (χ4v) is 8.57. The zero-order chi connectivity index (χ0) is 52.9. The van der Waals surface area contributed by atoms with E-state index < -0.39 is 6.10 Å². The number of esters is 3. The van der Waals surface area contributed by atoms with E-state index in [1.54, 1.807) is 0 Å². The quantitative estimate of drug-likeness (QED) is 0.0261. The Labute approximate surface area is 451 Å². The summed E-state index contributed by atoms with van der Waals surface area (Å²) >= 11 is 0. The first-order valence-corrected chi connectivity index (χ1v) is 30.7. The summed E-state index contributed by atoms with van der Waals surface area (Å²) in [6, 6.07) is 0. The van der Waals surface area contributed by atoms with Crippen molar-refractivity contribution in [3.8, 4) is 0 Å². The summed E-state index contributed by atoms with van der Waals surface area (Å²) < 4.78 is 16.8. The van der Waals surface area contributed by atoms with Crippen molar-refractivity contribution in [1.29, 1.82) is 0 Å². The number of hydrogen-bond acceptors (Lipinski definition) is 6. The lowest BCUT2D eigenvalue weighted by molar-refractivity contribution is -0.166. The van der Waals surface area contributed by atoms with Crippen LogP contribution < -0.4 is 0 Å². The Morgan fingerprint density at radius 1 is 0.288 bits per heavy atom. The minimum absolute atomic E-state index is 0.102. The third-order valence-corrected chi connectivity index (χ3v) is 13.1. The smallest absolute Gasteiger partial charge is 0.306 e. The van der Waals surface area contributed by atoms with Crippen LogP contribution in [0.25, 0.3) is 0 Å². The third kappa shape index (κ3) is 59.1. The summed E-state index contributed by atoms with van der Waals surface area (Å²) in [5.74, 6) is -0.976. The highest BCUT2D eigenvalue weighted by atomic mass is 16.6. The van der Waals surface area contributed by atoms with Gasteiger partial charge in [-0.25, -0.2) is 0 Å². The monoisotopic (exact) mass is 1010 g/mol. The lowest BCUT2D eigenvalue weighted by Gasteiger charge is -2.18. The van der Waals surface area contributed by atoms with Gasteiger partial charge in [-0.2, -0.15) is 0 Å². The van der Waals surface area contributed by atoms with Gasteiger partial charge in [0.05, 0.1) is 0 Å². The molecule has 1 unspecified atom stereocenters. The first-order chi connectivity index (χ1) is 36.0. The number of hydrogen-bond donors (Lipinski definition) is 0. The van der Waals surface area contributed by atoms with E-state index in [0.717, 1.165) is 89.9 Å². The van der Waals surface area contributed by atoms with Gasteiger partial charge >= 0.3 is 17.9 Å². The van der Waals surface area contributed by atoms with Crippen LogP contribution in [-0.2, 0) is 28.6 Å². The van der Waals surface area contributed by atoms with Gasteiger partial charge in [0.15, 0.2) is 6.10 Å². The maximum atomic E-state index is 12.8. The predicted molar refractivity (Wildman–Crippen MR) is 316 cm³/mol. The Morgan fingerprint density at radius 2 is 0.562 bits per heavy atom. The molecule has 0 N–H and O–H groups in total. The van der Waals surface area contributed by atoms with Crippen LogP contribution in [0.15, 0.2) is 97.2 Å². The highest BCUT2D eigenvalue weighted by molar-refractivity contribution is 5.71. The van der Waals surface area contributed by atoms with E-state index in [4.69, 9.17) is 14.2 Å². The summed E-state index contributed by atoms with van der Waals surface area (Å²) in [4.78, 5) is 38.1. The van der Waals surface area contributed by atoms with E-state index in [1.165, 1.54) is 154 Å². The molecule has 0 bridgehead atoms. The van der Waals surface area contributed by atoms with Gasteiger partial charge in [-0.15, -0.1) is 0 Å². The molecule has 0 heterocycles. The summed E-state index contributed by atoms with van der Waals surface area (Å²) in [5.41, 5.74) is 0. The summed E-state index contributed by atoms with van der Waals surface area (Å²) in [6.07, 6.45) is 81.5. The number of ether oxygens (including phenoxy) is 3. The van der Waals surface area contributed by atoms with Crippen LogP contribution in [-0.4, -0.2) is 37.2 Å². The Morgan fingerprint density at radius 3 is 0.890 bits per heavy atom. The molecule has 0 amide bonds. The van der Waals surface area contributed by atoms with Crippen molar-refractivity contribution in [3.05, 3.63) is 97.2 Å². The van der Waals surface area contributed by atoms with Gasteiger partial charge in [0.25, 0.3) is 0 Å². The maximum absolute atomic E-state index is 12.8. The summed E-state index contributed by atoms with van der Waals surface area (Å²) in [6.45, 7) is 6.37. The van der Waals surface area contributed by atoms with Crippen LogP contribution in [0.1, 0.15) is 290 Å². The normalized spacial score (nSPS) is 12.8. The van der Waals surface area contributed by atoms with Crippen molar-refractivity contribution < 1.29 is 28.6 Å². The Kier molecular flexibility index (Phi) is 57.8. The van der Waals surface area contributed by atoms with Crippen LogP contribution in [0.2, 0.25) is 0 Å². The van der Waals surface area contributed by atoms with E-state index in [1.807, 2.05) is 6.08 Å². The Balaban J connectivity index is 4.22. The van der Waals surface area contributed by atoms with Gasteiger partial charge in [-0.1, -0.05) is 285 Å². The second-order valence-corrected chi connectivity index (χ2v) is 20.2. The van der Waals surface area contributed by atoms with Crippen LogP contribution in [0.4, 0.5) is 0 Å². The molecule has 1 atom stereocenters. The number of unbranched alkanes of at least 4 members (excludes halogenated alkanes) is 28. The largest absolute Gasteiger partial charge is 0.462 e. The van der Waals surface area contributed by atoms with Crippen molar-refractivity contribution >= 4 is 17.9 Å². The lowest BCUT2D eigenvalue weighted by atomic mass is 10.0. The number of carbonyl (C=O) groups excluding carboxylic acids is 3. The van der Waals surface area contributed by atoms with Crippen molar-refractivity contribution in [1.82, 2.24) is 0 Å². The maximum Gasteiger partial charge on any atom is 0.306 e. The molecule has 0 rings (SSSR count). The first kappa shape index (κ1) is 69.3. The lowest BCUT2D eigenvalue weighted by Crippen LogP contribution is -2.30. The topological polar surface area (TPSA) is 78.9 Å². The molecular weight excluding hydrogens is 901 g/mol. The number of carbonyl (C=O) groups is 3. The standard InChI is InChI=1S/C67H114O6/c1-4-7-10-13-16-19-22-25-26-27-28-29-30-31-32-33-34-35-36-37-38-39-40-43-45-48-51-54-57-60-66(69)72-63-64(73-67(70)61-58-55-52-49-46-42-24-21-18-15-12-9-6-3)62-71-65(68)59-56-53-50-47-44-41-23-20-17-14-11-8-5-2/h7,9-10,12,16,18-19,21,25-26,28-29,42,46,52,55,64H,4-6,8,11,13-15,17,20,22-24,27,30-41,43-45,47-51,53-54,56-63H2,1-3H3/b10-7-,12-9-,19-16-,21-18-,26-25-,29-28-,46-42-,55-52-. The zero-order valence-electron chi connectivity index (χ0n) is 47.9. The molecule has 73 heavy (non-hydrogen) atoms.